The van der Waals surface area contributed by atoms with E-state index in [-0.39, 0.29) is 18.0 Å². The number of hydrogen-bond donors (Lipinski definition) is 2. The van der Waals surface area contributed by atoms with Crippen LogP contribution >= 0.6 is 0 Å². The first-order valence-corrected chi connectivity index (χ1v) is 12.5. The van der Waals surface area contributed by atoms with Crippen molar-refractivity contribution in [2.75, 3.05) is 50.7 Å². The van der Waals surface area contributed by atoms with Gasteiger partial charge in [-0.25, -0.2) is 4.79 Å². The SMILES string of the molecule is Cc1cccc(N2CCN(C(=O)CN3CCC(NC(=O)NC4CCCCC4)CC3)CC2)c1. The van der Waals surface area contributed by atoms with Gasteiger partial charge in [-0.3, -0.25) is 9.69 Å². The number of piperidine rings is 1. The van der Waals surface area contributed by atoms with Gasteiger partial charge in [0, 0.05) is 57.0 Å². The van der Waals surface area contributed by atoms with E-state index in [1.54, 1.807) is 0 Å². The highest BCUT2D eigenvalue weighted by Gasteiger charge is 2.26. The molecule has 1 aromatic carbocycles. The minimum Gasteiger partial charge on any atom is -0.368 e. The van der Waals surface area contributed by atoms with E-state index in [2.05, 4.69) is 51.6 Å². The van der Waals surface area contributed by atoms with Gasteiger partial charge in [0.05, 0.1) is 6.54 Å². The van der Waals surface area contributed by atoms with Gasteiger partial charge in [-0.2, -0.15) is 0 Å². The second kappa shape index (κ2) is 11.0. The largest absolute Gasteiger partial charge is 0.368 e. The Morgan fingerprint density at radius 2 is 1.53 bits per heavy atom. The van der Waals surface area contributed by atoms with Crippen molar-refractivity contribution < 1.29 is 9.59 Å². The molecule has 0 bridgehead atoms. The van der Waals surface area contributed by atoms with Crippen molar-refractivity contribution >= 4 is 17.6 Å². The van der Waals surface area contributed by atoms with Gasteiger partial charge in [-0.15, -0.1) is 0 Å². The third-order valence-electron chi connectivity index (χ3n) is 7.22. The number of anilines is 1. The number of hydrogen-bond acceptors (Lipinski definition) is 4. The molecule has 2 aliphatic heterocycles. The summed E-state index contributed by atoms with van der Waals surface area (Å²) >= 11 is 0. The zero-order valence-electron chi connectivity index (χ0n) is 19.5. The average Bonchev–Trinajstić information content (AvgIpc) is 2.81. The maximum atomic E-state index is 12.8. The van der Waals surface area contributed by atoms with Gasteiger partial charge >= 0.3 is 6.03 Å². The van der Waals surface area contributed by atoms with Gasteiger partial charge in [0.2, 0.25) is 5.91 Å². The number of aryl methyl sites for hydroxylation is 1. The van der Waals surface area contributed by atoms with Crippen LogP contribution in [0.15, 0.2) is 24.3 Å². The minimum absolute atomic E-state index is 0.0158. The molecule has 7 nitrogen and oxygen atoms in total. The van der Waals surface area contributed by atoms with Gasteiger partial charge in [-0.05, 0) is 50.3 Å². The number of nitrogens with one attached hydrogen (secondary N) is 2. The maximum absolute atomic E-state index is 12.8. The molecule has 1 saturated carbocycles. The summed E-state index contributed by atoms with van der Waals surface area (Å²) in [6.45, 7) is 7.68. The van der Waals surface area contributed by atoms with Crippen molar-refractivity contribution in [3.8, 4) is 0 Å². The molecule has 0 radical (unpaired) electrons. The van der Waals surface area contributed by atoms with Crippen molar-refractivity contribution in [1.82, 2.24) is 20.4 Å². The fraction of sp³-hybridized carbons (Fsp3) is 0.680. The van der Waals surface area contributed by atoms with Gasteiger partial charge in [0.25, 0.3) is 0 Å². The second-order valence-corrected chi connectivity index (χ2v) is 9.71. The smallest absolute Gasteiger partial charge is 0.315 e. The molecule has 2 N–H and O–H groups in total. The maximum Gasteiger partial charge on any atom is 0.315 e. The Morgan fingerprint density at radius 1 is 0.875 bits per heavy atom. The summed E-state index contributed by atoms with van der Waals surface area (Å²) in [5.41, 5.74) is 2.52. The number of urea groups is 1. The third kappa shape index (κ3) is 6.37. The molecule has 1 aliphatic carbocycles. The monoisotopic (exact) mass is 441 g/mol. The van der Waals surface area contributed by atoms with E-state index in [1.165, 1.54) is 30.5 Å². The zero-order chi connectivity index (χ0) is 22.3. The highest BCUT2D eigenvalue weighted by atomic mass is 16.2. The quantitative estimate of drug-likeness (QED) is 0.737. The number of likely N-dealkylation sites (tertiary alicyclic amines) is 1. The summed E-state index contributed by atoms with van der Waals surface area (Å²) in [6.07, 6.45) is 7.76. The predicted octanol–water partition coefficient (Wildman–Crippen LogP) is 2.74. The minimum atomic E-state index is -0.0158. The molecule has 0 aromatic heterocycles. The molecule has 32 heavy (non-hydrogen) atoms. The van der Waals surface area contributed by atoms with E-state index in [0.29, 0.717) is 12.6 Å². The first-order chi connectivity index (χ1) is 15.6. The number of piperazine rings is 1. The first kappa shape index (κ1) is 22.9. The van der Waals surface area contributed by atoms with Crippen LogP contribution < -0.4 is 15.5 Å². The molecule has 176 valence electrons. The predicted molar refractivity (Wildman–Crippen MR) is 128 cm³/mol. The van der Waals surface area contributed by atoms with E-state index < -0.39 is 0 Å². The van der Waals surface area contributed by atoms with E-state index >= 15 is 0 Å². The molecule has 1 aromatic rings. The van der Waals surface area contributed by atoms with Gasteiger partial charge in [0.15, 0.2) is 0 Å². The molecule has 2 heterocycles. The molecular weight excluding hydrogens is 402 g/mol. The summed E-state index contributed by atoms with van der Waals surface area (Å²) in [5, 5.41) is 6.29. The van der Waals surface area contributed by atoms with Crippen molar-refractivity contribution in [3.05, 3.63) is 29.8 Å². The van der Waals surface area contributed by atoms with Crippen LogP contribution in [-0.4, -0.2) is 79.6 Å². The first-order valence-electron chi connectivity index (χ1n) is 12.5. The number of carbonyl (C=O) groups is 2. The molecule has 3 amide bonds. The number of rotatable bonds is 5. The molecule has 3 fully saturated rings. The molecule has 0 atom stereocenters. The van der Waals surface area contributed by atoms with Gasteiger partial charge in [-0.1, -0.05) is 31.4 Å². The van der Waals surface area contributed by atoms with Crippen LogP contribution in [0.2, 0.25) is 0 Å². The lowest BCUT2D eigenvalue weighted by atomic mass is 9.96. The second-order valence-electron chi connectivity index (χ2n) is 9.71. The lowest BCUT2D eigenvalue weighted by molar-refractivity contribution is -0.133. The Balaban J connectivity index is 1.14. The summed E-state index contributed by atoms with van der Waals surface area (Å²) in [5.74, 6) is 0.232. The van der Waals surface area contributed by atoms with Crippen molar-refractivity contribution in [2.45, 2.75) is 64.0 Å². The van der Waals surface area contributed by atoms with Gasteiger partial charge < -0.3 is 20.4 Å². The van der Waals surface area contributed by atoms with Gasteiger partial charge in [0.1, 0.15) is 0 Å². The topological polar surface area (TPSA) is 67.9 Å². The Kier molecular flexibility index (Phi) is 7.90. The molecular formula is C25H39N5O2. The van der Waals surface area contributed by atoms with Crippen molar-refractivity contribution in [2.24, 2.45) is 0 Å². The van der Waals surface area contributed by atoms with Crippen molar-refractivity contribution in [3.63, 3.8) is 0 Å². The Labute approximate surface area is 192 Å². The number of benzene rings is 1. The molecule has 3 aliphatic rings. The number of amides is 3. The molecule has 0 unspecified atom stereocenters. The summed E-state index contributed by atoms with van der Waals surface area (Å²) in [7, 11) is 0. The van der Waals surface area contributed by atoms with Crippen LogP contribution in [0, 0.1) is 6.92 Å². The van der Waals surface area contributed by atoms with Crippen LogP contribution in [0.25, 0.3) is 0 Å². The Morgan fingerprint density at radius 3 is 2.19 bits per heavy atom. The third-order valence-corrected chi connectivity index (χ3v) is 7.22. The standard InChI is InChI=1S/C25H39N5O2/c1-20-6-5-9-23(18-20)29-14-16-30(17-15-29)24(31)19-28-12-10-22(11-13-28)27-25(32)26-21-7-3-2-4-8-21/h5-6,9,18,21-22H,2-4,7-8,10-17,19H2,1H3,(H2,26,27,32). The van der Waals surface area contributed by atoms with Crippen LogP contribution in [0.1, 0.15) is 50.5 Å². The normalized spacial score (nSPS) is 21.4. The summed E-state index contributed by atoms with van der Waals surface area (Å²) < 4.78 is 0. The summed E-state index contributed by atoms with van der Waals surface area (Å²) in [4.78, 5) is 31.7. The molecule has 4 rings (SSSR count). The fourth-order valence-electron chi connectivity index (χ4n) is 5.22. The van der Waals surface area contributed by atoms with E-state index in [1.807, 2.05) is 4.90 Å². The molecule has 2 saturated heterocycles. The number of carbonyl (C=O) groups excluding carboxylic acids is 2. The number of nitrogens with zero attached hydrogens (tertiary/aromatic N) is 3. The Hall–Kier alpha value is -2.28. The van der Waals surface area contributed by atoms with Crippen LogP contribution in [-0.2, 0) is 4.79 Å². The van der Waals surface area contributed by atoms with Crippen molar-refractivity contribution in [1.29, 1.82) is 0 Å². The van der Waals surface area contributed by atoms with E-state index in [0.717, 1.165) is 65.0 Å². The summed E-state index contributed by atoms with van der Waals surface area (Å²) in [6, 6.07) is 9.11. The lowest BCUT2D eigenvalue weighted by Crippen LogP contribution is -2.53. The Bertz CT molecular complexity index is 763. The van der Waals surface area contributed by atoms with E-state index in [9.17, 15) is 9.59 Å². The van der Waals surface area contributed by atoms with Crippen LogP contribution in [0.5, 0.6) is 0 Å². The van der Waals surface area contributed by atoms with Crippen LogP contribution in [0.3, 0.4) is 0 Å². The molecule has 0 spiro atoms. The highest BCUT2D eigenvalue weighted by molar-refractivity contribution is 5.78. The zero-order valence-corrected chi connectivity index (χ0v) is 19.5. The fourth-order valence-corrected chi connectivity index (χ4v) is 5.22. The lowest BCUT2D eigenvalue weighted by Gasteiger charge is -2.38. The average molecular weight is 442 g/mol. The van der Waals surface area contributed by atoms with E-state index in [4.69, 9.17) is 0 Å². The molecule has 7 heteroatoms. The highest BCUT2D eigenvalue weighted by Crippen LogP contribution is 2.19. The van der Waals surface area contributed by atoms with Crippen LogP contribution in [0.4, 0.5) is 10.5 Å².